The Hall–Kier alpha value is -2.75. The van der Waals surface area contributed by atoms with Gasteiger partial charge >= 0.3 is 0 Å². The molecule has 3 aromatic rings. The van der Waals surface area contributed by atoms with Gasteiger partial charge in [-0.3, -0.25) is 19.7 Å². The van der Waals surface area contributed by atoms with E-state index < -0.39 is 10.8 Å². The summed E-state index contributed by atoms with van der Waals surface area (Å²) in [6, 6.07) is 13.7. The minimum Gasteiger partial charge on any atom is -0.269 e. The van der Waals surface area contributed by atoms with Crippen molar-refractivity contribution in [1.29, 1.82) is 0 Å². The maximum atomic E-state index is 12.2. The quantitative estimate of drug-likeness (QED) is 0.467. The molecular formula is C18H15N3O4S2. The van der Waals surface area contributed by atoms with Crippen LogP contribution in [0.4, 0.5) is 5.69 Å². The molecule has 0 aliphatic heterocycles. The fourth-order valence-corrected chi connectivity index (χ4v) is 4.06. The van der Waals surface area contributed by atoms with Crippen molar-refractivity contribution in [3.05, 3.63) is 80.8 Å². The minimum atomic E-state index is -0.546. The van der Waals surface area contributed by atoms with Gasteiger partial charge in [-0.25, -0.2) is 10.5 Å². The molecule has 7 nitrogen and oxygen atoms in total. The average Bonchev–Trinajstić information content (AvgIpc) is 3.07. The summed E-state index contributed by atoms with van der Waals surface area (Å²) in [5.41, 5.74) is 4.06. The molecule has 0 saturated heterocycles. The molecule has 1 aromatic heterocycles. The summed E-state index contributed by atoms with van der Waals surface area (Å²) in [5.74, 6) is -0.546. The first-order valence-corrected chi connectivity index (χ1v) is 9.57. The van der Waals surface area contributed by atoms with Crippen molar-refractivity contribution in [3.63, 3.8) is 0 Å². The number of aryl methyl sites for hydroxylation is 1. The standard InChI is InChI=1S/C18H15N3O4S2/c1-12-11-26-18(19-12)27-16-8-7-14(9-15(16)21(23)24)17(22)20-25-10-13-5-3-2-4-6-13/h2-9,11H,10H2,1H3,(H,20,22). The highest BCUT2D eigenvalue weighted by Gasteiger charge is 2.19. The smallest absolute Gasteiger partial charge is 0.269 e. The molecule has 0 atom stereocenters. The van der Waals surface area contributed by atoms with Crippen molar-refractivity contribution in [2.45, 2.75) is 22.8 Å². The van der Waals surface area contributed by atoms with Crippen molar-refractivity contribution < 1.29 is 14.6 Å². The van der Waals surface area contributed by atoms with Crippen LogP contribution in [0, 0.1) is 17.0 Å². The van der Waals surface area contributed by atoms with Gasteiger partial charge in [-0.1, -0.05) is 42.1 Å². The SMILES string of the molecule is Cc1csc(Sc2ccc(C(=O)NOCc3ccccc3)cc2[N+](=O)[O-])n1. The second-order valence-corrected chi connectivity index (χ2v) is 7.65. The number of nitrogens with one attached hydrogen (secondary N) is 1. The summed E-state index contributed by atoms with van der Waals surface area (Å²) >= 11 is 2.62. The minimum absolute atomic E-state index is 0.148. The molecule has 0 aliphatic rings. The Kier molecular flexibility index (Phi) is 6.17. The lowest BCUT2D eigenvalue weighted by atomic mass is 10.2. The van der Waals surface area contributed by atoms with Crippen LogP contribution in [0.1, 0.15) is 21.6 Å². The van der Waals surface area contributed by atoms with E-state index in [-0.39, 0.29) is 17.9 Å². The Morgan fingerprint density at radius 3 is 2.74 bits per heavy atom. The number of nitro groups is 1. The number of thiazole rings is 1. The van der Waals surface area contributed by atoms with Crippen LogP contribution in [0.2, 0.25) is 0 Å². The summed E-state index contributed by atoms with van der Waals surface area (Å²) < 4.78 is 0.707. The van der Waals surface area contributed by atoms with E-state index in [4.69, 9.17) is 4.84 Å². The molecule has 0 bridgehead atoms. The van der Waals surface area contributed by atoms with E-state index in [2.05, 4.69) is 10.5 Å². The molecule has 0 aliphatic carbocycles. The summed E-state index contributed by atoms with van der Waals surface area (Å²) in [6.07, 6.45) is 0. The average molecular weight is 401 g/mol. The zero-order chi connectivity index (χ0) is 19.2. The molecule has 0 unspecified atom stereocenters. The van der Waals surface area contributed by atoms with Gasteiger partial charge in [0, 0.05) is 22.7 Å². The highest BCUT2D eigenvalue weighted by atomic mass is 32.2. The molecular weight excluding hydrogens is 386 g/mol. The Bertz CT molecular complexity index is 960. The molecule has 1 N–H and O–H groups in total. The van der Waals surface area contributed by atoms with Crippen molar-refractivity contribution in [1.82, 2.24) is 10.5 Å². The normalized spacial score (nSPS) is 10.6. The fraction of sp³-hybridized carbons (Fsp3) is 0.111. The van der Waals surface area contributed by atoms with Gasteiger partial charge in [0.2, 0.25) is 0 Å². The molecule has 0 fully saturated rings. The largest absolute Gasteiger partial charge is 0.284 e. The number of amides is 1. The zero-order valence-electron chi connectivity index (χ0n) is 14.2. The van der Waals surface area contributed by atoms with Crippen LogP contribution in [0.15, 0.2) is 63.1 Å². The molecule has 9 heteroatoms. The maximum Gasteiger partial charge on any atom is 0.284 e. The van der Waals surface area contributed by atoms with E-state index in [1.54, 1.807) is 6.07 Å². The summed E-state index contributed by atoms with van der Waals surface area (Å²) in [4.78, 5) is 33.0. The number of benzene rings is 2. The number of hydrogen-bond acceptors (Lipinski definition) is 7. The van der Waals surface area contributed by atoms with Crippen LogP contribution >= 0.6 is 23.1 Å². The first-order valence-electron chi connectivity index (χ1n) is 7.87. The van der Waals surface area contributed by atoms with Crippen LogP contribution < -0.4 is 5.48 Å². The van der Waals surface area contributed by atoms with E-state index in [0.29, 0.717) is 9.24 Å². The summed E-state index contributed by atoms with van der Waals surface area (Å²) in [5, 5.41) is 13.3. The van der Waals surface area contributed by atoms with Gasteiger partial charge in [0.15, 0.2) is 4.34 Å². The Labute approximate surface area is 163 Å². The molecule has 27 heavy (non-hydrogen) atoms. The highest BCUT2D eigenvalue weighted by molar-refractivity contribution is 8.01. The summed E-state index contributed by atoms with van der Waals surface area (Å²) in [6.45, 7) is 2.06. The third-order valence-electron chi connectivity index (χ3n) is 3.46. The van der Waals surface area contributed by atoms with Crippen molar-refractivity contribution in [3.8, 4) is 0 Å². The molecule has 1 amide bonds. The number of hydroxylamine groups is 1. The van der Waals surface area contributed by atoms with Gasteiger partial charge in [-0.15, -0.1) is 11.3 Å². The van der Waals surface area contributed by atoms with Crippen LogP contribution in [-0.4, -0.2) is 15.8 Å². The number of aromatic nitrogens is 1. The lowest BCUT2D eigenvalue weighted by Crippen LogP contribution is -2.23. The van der Waals surface area contributed by atoms with Gasteiger partial charge in [-0.05, 0) is 24.6 Å². The summed E-state index contributed by atoms with van der Waals surface area (Å²) in [7, 11) is 0. The van der Waals surface area contributed by atoms with Gasteiger partial charge in [-0.2, -0.15) is 0 Å². The monoisotopic (exact) mass is 401 g/mol. The molecule has 0 spiro atoms. The molecule has 3 rings (SSSR count). The van der Waals surface area contributed by atoms with Gasteiger partial charge < -0.3 is 0 Å². The highest BCUT2D eigenvalue weighted by Crippen LogP contribution is 2.36. The van der Waals surface area contributed by atoms with Crippen molar-refractivity contribution in [2.24, 2.45) is 0 Å². The van der Waals surface area contributed by atoms with Crippen LogP contribution in [0.25, 0.3) is 0 Å². The Morgan fingerprint density at radius 1 is 1.30 bits per heavy atom. The molecule has 0 saturated carbocycles. The molecule has 138 valence electrons. The third kappa shape index (κ3) is 5.13. The maximum absolute atomic E-state index is 12.2. The zero-order valence-corrected chi connectivity index (χ0v) is 15.9. The van der Waals surface area contributed by atoms with Crippen molar-refractivity contribution >= 4 is 34.7 Å². The lowest BCUT2D eigenvalue weighted by molar-refractivity contribution is -0.387. The van der Waals surface area contributed by atoms with Crippen LogP contribution in [-0.2, 0) is 11.4 Å². The Morgan fingerprint density at radius 2 is 2.07 bits per heavy atom. The lowest BCUT2D eigenvalue weighted by Gasteiger charge is -2.07. The fourth-order valence-electron chi connectivity index (χ4n) is 2.18. The number of nitrogens with zero attached hydrogens (tertiary/aromatic N) is 2. The number of nitro benzene ring substituents is 1. The predicted octanol–water partition coefficient (Wildman–Crippen LogP) is 4.37. The first-order chi connectivity index (χ1) is 13.0. The topological polar surface area (TPSA) is 94.4 Å². The van der Waals surface area contributed by atoms with Crippen LogP contribution in [0.3, 0.4) is 0 Å². The van der Waals surface area contributed by atoms with Gasteiger partial charge in [0.25, 0.3) is 11.6 Å². The first kappa shape index (κ1) is 19.0. The number of carbonyl (C=O) groups is 1. The number of hydrogen-bond donors (Lipinski definition) is 1. The van der Waals surface area contributed by atoms with E-state index >= 15 is 0 Å². The van der Waals surface area contributed by atoms with Gasteiger partial charge in [0.1, 0.15) is 0 Å². The second-order valence-electron chi connectivity index (χ2n) is 5.50. The predicted molar refractivity (Wildman–Crippen MR) is 103 cm³/mol. The molecule has 2 aromatic carbocycles. The van der Waals surface area contributed by atoms with Crippen LogP contribution in [0.5, 0.6) is 0 Å². The molecule has 0 radical (unpaired) electrons. The number of rotatable bonds is 7. The van der Waals surface area contributed by atoms with E-state index in [1.807, 2.05) is 42.6 Å². The van der Waals surface area contributed by atoms with E-state index in [0.717, 1.165) is 11.3 Å². The van der Waals surface area contributed by atoms with Gasteiger partial charge in [0.05, 0.1) is 16.4 Å². The van der Waals surface area contributed by atoms with E-state index in [1.165, 1.54) is 35.2 Å². The third-order valence-corrected chi connectivity index (χ3v) is 5.58. The van der Waals surface area contributed by atoms with E-state index in [9.17, 15) is 14.9 Å². The number of carbonyl (C=O) groups excluding carboxylic acids is 1. The second kappa shape index (κ2) is 8.76. The molecule has 1 heterocycles. The van der Waals surface area contributed by atoms with Crippen molar-refractivity contribution in [2.75, 3.05) is 0 Å². The Balaban J connectivity index is 1.69.